The summed E-state index contributed by atoms with van der Waals surface area (Å²) >= 11 is 0. The Balaban J connectivity index is 1.35. The molecule has 7 rings (SSSR count). The Morgan fingerprint density at radius 2 is 1.61 bits per heavy atom. The lowest BCUT2D eigenvalue weighted by Crippen LogP contribution is -2.14. The third-order valence-electron chi connectivity index (χ3n) is 7.89. The number of hydrogen-bond donors (Lipinski definition) is 1. The average molecular weight is 498 g/mol. The topological polar surface area (TPSA) is 68.0 Å². The zero-order valence-corrected chi connectivity index (χ0v) is 21.0. The molecule has 4 aromatic carbocycles. The van der Waals surface area contributed by atoms with Crippen molar-refractivity contribution >= 4 is 38.7 Å². The fourth-order valence-corrected chi connectivity index (χ4v) is 6.01. The van der Waals surface area contributed by atoms with Gasteiger partial charge in [-0.25, -0.2) is 14.8 Å². The molecule has 1 N–H and O–H groups in total. The molecule has 0 atom stereocenters. The van der Waals surface area contributed by atoms with Crippen LogP contribution in [0.5, 0.6) is 0 Å². The minimum atomic E-state index is -0.931. The average Bonchev–Trinajstić information content (AvgIpc) is 3.35. The molecule has 0 spiro atoms. The van der Waals surface area contributed by atoms with E-state index < -0.39 is 5.97 Å². The van der Waals surface area contributed by atoms with Crippen molar-refractivity contribution in [1.82, 2.24) is 14.5 Å². The monoisotopic (exact) mass is 497 g/mol. The summed E-state index contributed by atoms with van der Waals surface area (Å²) in [6, 6.07) is 31.0. The fraction of sp³-hybridized carbons (Fsp3) is 0.182. The molecule has 1 fully saturated rings. The highest BCUT2D eigenvalue weighted by atomic mass is 16.4. The molecular formula is C33H27N3O2. The van der Waals surface area contributed by atoms with Gasteiger partial charge < -0.3 is 9.67 Å². The number of nitrogens with zero attached hydrogens (tertiary/aromatic N) is 3. The lowest BCUT2D eigenvalue weighted by molar-refractivity contribution is 0.0697. The zero-order chi connectivity index (χ0) is 25.6. The summed E-state index contributed by atoms with van der Waals surface area (Å²) in [5.41, 5.74) is 6.04. The van der Waals surface area contributed by atoms with Crippen molar-refractivity contribution < 1.29 is 9.90 Å². The number of hydrogen-bond acceptors (Lipinski definition) is 3. The number of imidazole rings is 1. The van der Waals surface area contributed by atoms with Crippen molar-refractivity contribution in [3.8, 4) is 22.6 Å². The van der Waals surface area contributed by atoms with Crippen LogP contribution in [0.15, 0.2) is 91.0 Å². The van der Waals surface area contributed by atoms with Gasteiger partial charge in [-0.3, -0.25) is 0 Å². The molecule has 0 aliphatic heterocycles. The van der Waals surface area contributed by atoms with E-state index in [-0.39, 0.29) is 5.56 Å². The fourth-order valence-electron chi connectivity index (χ4n) is 6.01. The number of carboxylic acid groups (broad SMARTS) is 1. The molecule has 0 saturated heterocycles. The van der Waals surface area contributed by atoms with Gasteiger partial charge in [0.1, 0.15) is 5.82 Å². The van der Waals surface area contributed by atoms with Crippen LogP contribution in [-0.2, 0) is 0 Å². The van der Waals surface area contributed by atoms with Gasteiger partial charge in [-0.2, -0.15) is 0 Å². The van der Waals surface area contributed by atoms with Gasteiger partial charge in [0.15, 0.2) is 0 Å². The van der Waals surface area contributed by atoms with Crippen LogP contribution in [0.4, 0.5) is 0 Å². The Kier molecular flexibility index (Phi) is 5.43. The second kappa shape index (κ2) is 9.10. The maximum absolute atomic E-state index is 11.6. The predicted molar refractivity (Wildman–Crippen MR) is 152 cm³/mol. The predicted octanol–water partition coefficient (Wildman–Crippen LogP) is 8.28. The van der Waals surface area contributed by atoms with Crippen LogP contribution in [0, 0.1) is 0 Å². The third-order valence-corrected chi connectivity index (χ3v) is 7.89. The lowest BCUT2D eigenvalue weighted by Gasteiger charge is -2.25. The SMILES string of the molecule is O=C(O)c1ccc2c(c1)nc(-c1ccc3nc(-c4cccc5ccccc45)ccc3c1)n2C1CCCCC1. The van der Waals surface area contributed by atoms with Gasteiger partial charge in [-0.05, 0) is 66.1 Å². The third kappa shape index (κ3) is 3.82. The molecule has 1 aliphatic carbocycles. The number of rotatable bonds is 4. The van der Waals surface area contributed by atoms with E-state index in [2.05, 4.69) is 77.4 Å². The van der Waals surface area contributed by atoms with Gasteiger partial charge in [-0.1, -0.05) is 67.8 Å². The van der Waals surface area contributed by atoms with Crippen molar-refractivity contribution in [2.24, 2.45) is 0 Å². The number of aromatic nitrogens is 3. The van der Waals surface area contributed by atoms with E-state index >= 15 is 0 Å². The molecule has 0 radical (unpaired) electrons. The second-order valence-electron chi connectivity index (χ2n) is 10.2. The second-order valence-corrected chi connectivity index (χ2v) is 10.2. The van der Waals surface area contributed by atoms with Crippen molar-refractivity contribution in [2.45, 2.75) is 38.1 Å². The Labute approximate surface area is 220 Å². The molecule has 2 heterocycles. The molecule has 186 valence electrons. The molecule has 1 saturated carbocycles. The van der Waals surface area contributed by atoms with Crippen LogP contribution in [0.1, 0.15) is 48.5 Å². The molecule has 38 heavy (non-hydrogen) atoms. The number of pyridine rings is 1. The molecule has 0 bridgehead atoms. The Hall–Kier alpha value is -4.51. The van der Waals surface area contributed by atoms with Crippen LogP contribution in [0.2, 0.25) is 0 Å². The largest absolute Gasteiger partial charge is 0.478 e. The van der Waals surface area contributed by atoms with Crippen molar-refractivity contribution in [1.29, 1.82) is 0 Å². The van der Waals surface area contributed by atoms with Gasteiger partial charge in [0, 0.05) is 22.6 Å². The summed E-state index contributed by atoms with van der Waals surface area (Å²) in [7, 11) is 0. The number of carbonyl (C=O) groups is 1. The Morgan fingerprint density at radius 3 is 2.47 bits per heavy atom. The number of carboxylic acids is 1. The first kappa shape index (κ1) is 22.7. The van der Waals surface area contributed by atoms with Crippen LogP contribution in [-0.4, -0.2) is 25.6 Å². The first-order chi connectivity index (χ1) is 18.7. The maximum Gasteiger partial charge on any atom is 0.335 e. The lowest BCUT2D eigenvalue weighted by atomic mass is 9.94. The summed E-state index contributed by atoms with van der Waals surface area (Å²) in [5.74, 6) is -0.0334. The molecule has 0 amide bonds. The highest BCUT2D eigenvalue weighted by molar-refractivity contribution is 5.97. The van der Waals surface area contributed by atoms with E-state index in [1.165, 1.54) is 30.0 Å². The van der Waals surface area contributed by atoms with E-state index in [1.807, 2.05) is 6.07 Å². The van der Waals surface area contributed by atoms with Crippen molar-refractivity contribution in [2.75, 3.05) is 0 Å². The Bertz CT molecular complexity index is 1840. The summed E-state index contributed by atoms with van der Waals surface area (Å²) in [6.45, 7) is 0. The highest BCUT2D eigenvalue weighted by Gasteiger charge is 2.23. The van der Waals surface area contributed by atoms with Gasteiger partial charge in [0.25, 0.3) is 0 Å². The van der Waals surface area contributed by atoms with Crippen LogP contribution >= 0.6 is 0 Å². The normalized spacial score (nSPS) is 14.4. The van der Waals surface area contributed by atoms with Crippen LogP contribution in [0.25, 0.3) is 55.4 Å². The highest BCUT2D eigenvalue weighted by Crippen LogP contribution is 2.37. The summed E-state index contributed by atoms with van der Waals surface area (Å²) in [5, 5.41) is 13.0. The Morgan fingerprint density at radius 1 is 0.763 bits per heavy atom. The van der Waals surface area contributed by atoms with Gasteiger partial charge in [0.05, 0.1) is 27.8 Å². The van der Waals surface area contributed by atoms with Gasteiger partial charge >= 0.3 is 5.97 Å². The molecular weight excluding hydrogens is 470 g/mol. The van der Waals surface area contributed by atoms with Crippen molar-refractivity contribution in [3.63, 3.8) is 0 Å². The summed E-state index contributed by atoms with van der Waals surface area (Å²) in [4.78, 5) is 21.6. The minimum absolute atomic E-state index is 0.265. The first-order valence-corrected chi connectivity index (χ1v) is 13.3. The molecule has 0 unspecified atom stereocenters. The number of aromatic carboxylic acids is 1. The molecule has 1 aliphatic rings. The maximum atomic E-state index is 11.6. The first-order valence-electron chi connectivity index (χ1n) is 13.3. The molecule has 2 aromatic heterocycles. The molecule has 6 aromatic rings. The smallest absolute Gasteiger partial charge is 0.335 e. The van der Waals surface area contributed by atoms with Gasteiger partial charge in [0.2, 0.25) is 0 Å². The number of fused-ring (bicyclic) bond motifs is 3. The van der Waals surface area contributed by atoms with Gasteiger partial charge in [-0.15, -0.1) is 0 Å². The number of benzene rings is 4. The quantitative estimate of drug-likeness (QED) is 0.266. The van der Waals surface area contributed by atoms with E-state index in [9.17, 15) is 9.90 Å². The van der Waals surface area contributed by atoms with E-state index in [4.69, 9.17) is 9.97 Å². The van der Waals surface area contributed by atoms with Crippen molar-refractivity contribution in [3.05, 3.63) is 96.6 Å². The van der Waals surface area contributed by atoms with Crippen LogP contribution < -0.4 is 0 Å². The standard InChI is InChI=1S/C33H27N3O2/c37-33(38)24-15-18-31-30(20-24)35-32(36(31)25-9-2-1-3-10-25)23-14-16-28-22(19-23)13-17-29(34-28)27-12-6-8-21-7-4-5-11-26(21)27/h4-8,11-20,25H,1-3,9-10H2,(H,37,38). The van der Waals surface area contributed by atoms with E-state index in [0.717, 1.165) is 57.4 Å². The van der Waals surface area contributed by atoms with Crippen LogP contribution in [0.3, 0.4) is 0 Å². The summed E-state index contributed by atoms with van der Waals surface area (Å²) < 4.78 is 2.35. The minimum Gasteiger partial charge on any atom is -0.478 e. The molecule has 5 nitrogen and oxygen atoms in total. The zero-order valence-electron chi connectivity index (χ0n) is 21.0. The van der Waals surface area contributed by atoms with E-state index in [1.54, 1.807) is 12.1 Å². The molecule has 5 heteroatoms. The summed E-state index contributed by atoms with van der Waals surface area (Å²) in [6.07, 6.45) is 5.90. The van der Waals surface area contributed by atoms with E-state index in [0.29, 0.717) is 6.04 Å².